The number of ketones is 1. The molecule has 8 heteroatoms. The van der Waals surface area contributed by atoms with Gasteiger partial charge in [-0.15, -0.1) is 0 Å². The van der Waals surface area contributed by atoms with Gasteiger partial charge >= 0.3 is 0 Å². The van der Waals surface area contributed by atoms with Crippen molar-refractivity contribution in [3.8, 4) is 0 Å². The lowest BCUT2D eigenvalue weighted by Crippen LogP contribution is -2.21. The zero-order chi connectivity index (χ0) is 18.0. The fraction of sp³-hybridized carbons (Fsp3) is 0.235. The van der Waals surface area contributed by atoms with E-state index in [1.165, 1.54) is 18.2 Å². The summed E-state index contributed by atoms with van der Waals surface area (Å²) in [6, 6.07) is 12.3. The molecule has 0 aliphatic carbocycles. The van der Waals surface area contributed by atoms with E-state index in [2.05, 4.69) is 5.32 Å². The molecular weight excluding hydrogens is 344 g/mol. The Hall–Kier alpha value is -2.74. The molecule has 7 nitrogen and oxygen atoms in total. The van der Waals surface area contributed by atoms with E-state index in [4.69, 9.17) is 0 Å². The van der Waals surface area contributed by atoms with Crippen LogP contribution in [0.2, 0.25) is 0 Å². The van der Waals surface area contributed by atoms with Gasteiger partial charge in [-0.25, -0.2) is 8.42 Å². The van der Waals surface area contributed by atoms with Crippen LogP contribution in [0.5, 0.6) is 0 Å². The number of carbonyl (C=O) groups is 1. The van der Waals surface area contributed by atoms with Gasteiger partial charge in [-0.3, -0.25) is 14.9 Å². The minimum atomic E-state index is -3.09. The minimum Gasteiger partial charge on any atom is -0.376 e. The van der Waals surface area contributed by atoms with E-state index in [1.54, 1.807) is 30.3 Å². The number of carbonyl (C=O) groups excluding carboxylic acids is 1. The Balaban J connectivity index is 1.89. The first-order valence-electron chi connectivity index (χ1n) is 7.71. The Morgan fingerprint density at radius 2 is 1.84 bits per heavy atom. The molecular formula is C17H16N2O5S. The molecule has 2 aromatic carbocycles. The molecule has 0 bridgehead atoms. The third-order valence-corrected chi connectivity index (χ3v) is 5.85. The lowest BCUT2D eigenvalue weighted by molar-refractivity contribution is -0.384. The molecule has 1 atom stereocenters. The van der Waals surface area contributed by atoms with Gasteiger partial charge in [0.25, 0.3) is 5.69 Å². The molecule has 1 saturated heterocycles. The summed E-state index contributed by atoms with van der Waals surface area (Å²) in [6.45, 7) is 0. The molecule has 25 heavy (non-hydrogen) atoms. The molecule has 0 unspecified atom stereocenters. The normalized spacial score (nSPS) is 18.6. The Bertz CT molecular complexity index is 925. The van der Waals surface area contributed by atoms with Crippen molar-refractivity contribution in [2.45, 2.75) is 12.5 Å². The predicted octanol–water partition coefficient (Wildman–Crippen LogP) is 2.42. The van der Waals surface area contributed by atoms with Crippen molar-refractivity contribution >= 4 is 27.0 Å². The van der Waals surface area contributed by atoms with Crippen molar-refractivity contribution in [3.63, 3.8) is 0 Å². The highest BCUT2D eigenvalue weighted by molar-refractivity contribution is 7.91. The van der Waals surface area contributed by atoms with Crippen LogP contribution in [0.25, 0.3) is 0 Å². The molecule has 1 aliphatic rings. The average molecular weight is 360 g/mol. The monoisotopic (exact) mass is 360 g/mol. The topological polar surface area (TPSA) is 106 Å². The molecule has 1 fully saturated rings. The smallest absolute Gasteiger partial charge is 0.293 e. The van der Waals surface area contributed by atoms with Crippen molar-refractivity contribution in [3.05, 3.63) is 69.8 Å². The van der Waals surface area contributed by atoms with E-state index in [0.717, 1.165) is 0 Å². The Morgan fingerprint density at radius 1 is 1.12 bits per heavy atom. The van der Waals surface area contributed by atoms with E-state index < -0.39 is 14.8 Å². The summed E-state index contributed by atoms with van der Waals surface area (Å²) in [5, 5.41) is 14.3. The first kappa shape index (κ1) is 17.1. The van der Waals surface area contributed by atoms with Crippen LogP contribution in [0.3, 0.4) is 0 Å². The fourth-order valence-electron chi connectivity index (χ4n) is 2.83. The molecule has 0 saturated carbocycles. The van der Waals surface area contributed by atoms with Gasteiger partial charge in [0, 0.05) is 23.2 Å². The minimum absolute atomic E-state index is 0.0468. The quantitative estimate of drug-likeness (QED) is 0.499. The van der Waals surface area contributed by atoms with Crippen molar-refractivity contribution in [2.24, 2.45) is 0 Å². The summed E-state index contributed by atoms with van der Waals surface area (Å²) in [5.74, 6) is -0.281. The van der Waals surface area contributed by atoms with Crippen LogP contribution in [-0.4, -0.2) is 36.7 Å². The lowest BCUT2D eigenvalue weighted by atomic mass is 10.0. The Morgan fingerprint density at radius 3 is 2.44 bits per heavy atom. The average Bonchev–Trinajstić information content (AvgIpc) is 2.93. The highest BCUT2D eigenvalue weighted by Crippen LogP contribution is 2.29. The molecule has 130 valence electrons. The van der Waals surface area contributed by atoms with Gasteiger partial charge in [0.1, 0.15) is 5.69 Å². The van der Waals surface area contributed by atoms with Crippen LogP contribution in [0.1, 0.15) is 22.3 Å². The molecule has 0 radical (unpaired) electrons. The van der Waals surface area contributed by atoms with Crippen LogP contribution >= 0.6 is 0 Å². The molecule has 1 aliphatic heterocycles. The fourth-order valence-corrected chi connectivity index (χ4v) is 4.50. The number of benzene rings is 2. The zero-order valence-corrected chi connectivity index (χ0v) is 14.0. The van der Waals surface area contributed by atoms with Gasteiger partial charge < -0.3 is 5.32 Å². The summed E-state index contributed by atoms with van der Waals surface area (Å²) in [7, 11) is -3.09. The molecule has 0 spiro atoms. The van der Waals surface area contributed by atoms with E-state index in [1.807, 2.05) is 0 Å². The summed E-state index contributed by atoms with van der Waals surface area (Å²) < 4.78 is 23.1. The van der Waals surface area contributed by atoms with Crippen molar-refractivity contribution < 1.29 is 18.1 Å². The third-order valence-electron chi connectivity index (χ3n) is 4.08. The third kappa shape index (κ3) is 3.85. The number of nitro groups is 1. The number of nitrogens with zero attached hydrogens (tertiary/aromatic N) is 1. The number of rotatable bonds is 5. The second kappa shape index (κ2) is 6.64. The number of nitro benzene ring substituents is 1. The van der Waals surface area contributed by atoms with Gasteiger partial charge in [-0.2, -0.15) is 0 Å². The van der Waals surface area contributed by atoms with E-state index in [9.17, 15) is 23.3 Å². The standard InChI is InChI=1S/C17H16N2O5S/c20-17(12-4-2-1-3-5-12)13-6-7-15(16(10-13)19(21)22)18-14-8-9-25(23,24)11-14/h1-7,10,14,18H,8-9,11H2/t14-/m1/s1. The number of anilines is 1. The van der Waals surface area contributed by atoms with Gasteiger partial charge in [0.15, 0.2) is 15.6 Å². The Labute approximate surface area is 144 Å². The molecule has 2 aromatic rings. The maximum Gasteiger partial charge on any atom is 0.293 e. The Kier molecular flexibility index (Phi) is 4.54. The number of hydrogen-bond acceptors (Lipinski definition) is 6. The largest absolute Gasteiger partial charge is 0.376 e. The van der Waals surface area contributed by atoms with Gasteiger partial charge in [-0.05, 0) is 18.6 Å². The van der Waals surface area contributed by atoms with Gasteiger partial charge in [0.2, 0.25) is 0 Å². The van der Waals surface area contributed by atoms with E-state index >= 15 is 0 Å². The maximum absolute atomic E-state index is 12.4. The van der Waals surface area contributed by atoms with Crippen LogP contribution in [0, 0.1) is 10.1 Å². The summed E-state index contributed by atoms with van der Waals surface area (Å²) in [6.07, 6.45) is 0.407. The van der Waals surface area contributed by atoms with Crippen LogP contribution in [0.4, 0.5) is 11.4 Å². The van der Waals surface area contributed by atoms with Crippen molar-refractivity contribution in [1.29, 1.82) is 0 Å². The number of nitrogens with one attached hydrogen (secondary N) is 1. The first-order valence-corrected chi connectivity index (χ1v) is 9.53. The number of sulfone groups is 1. The highest BCUT2D eigenvalue weighted by Gasteiger charge is 2.29. The first-order chi connectivity index (χ1) is 11.9. The second-order valence-corrected chi connectivity index (χ2v) is 8.16. The maximum atomic E-state index is 12.4. The van der Waals surface area contributed by atoms with Crippen molar-refractivity contribution in [1.82, 2.24) is 0 Å². The molecule has 0 aromatic heterocycles. The summed E-state index contributed by atoms with van der Waals surface area (Å²) in [4.78, 5) is 23.2. The molecule has 3 rings (SSSR count). The van der Waals surface area contributed by atoms with Crippen LogP contribution in [0.15, 0.2) is 48.5 Å². The van der Waals surface area contributed by atoms with E-state index in [-0.39, 0.29) is 40.3 Å². The predicted molar refractivity (Wildman–Crippen MR) is 93.7 cm³/mol. The molecule has 0 amide bonds. The summed E-state index contributed by atoms with van der Waals surface area (Å²) in [5.41, 5.74) is 0.629. The van der Waals surface area contributed by atoms with Crippen LogP contribution < -0.4 is 5.32 Å². The number of hydrogen-bond donors (Lipinski definition) is 1. The highest BCUT2D eigenvalue weighted by atomic mass is 32.2. The van der Waals surface area contributed by atoms with Gasteiger partial charge in [-0.1, -0.05) is 30.3 Å². The van der Waals surface area contributed by atoms with Crippen molar-refractivity contribution in [2.75, 3.05) is 16.8 Å². The summed E-state index contributed by atoms with van der Waals surface area (Å²) >= 11 is 0. The second-order valence-electron chi connectivity index (χ2n) is 5.93. The molecule has 1 N–H and O–H groups in total. The van der Waals surface area contributed by atoms with E-state index in [0.29, 0.717) is 12.0 Å². The molecule has 1 heterocycles. The SMILES string of the molecule is O=C(c1ccccc1)c1ccc(N[C@@H]2CCS(=O)(=O)C2)c([N+](=O)[O-])c1. The van der Waals surface area contributed by atoms with Gasteiger partial charge in [0.05, 0.1) is 16.4 Å². The van der Waals surface area contributed by atoms with Crippen LogP contribution in [-0.2, 0) is 9.84 Å². The zero-order valence-electron chi connectivity index (χ0n) is 13.2. The lowest BCUT2D eigenvalue weighted by Gasteiger charge is -2.13.